The zero-order chi connectivity index (χ0) is 91.0. The summed E-state index contributed by atoms with van der Waals surface area (Å²) in [6, 6.07) is 114. The van der Waals surface area contributed by atoms with E-state index in [1.165, 1.54) is 105 Å². The fourth-order valence-electron chi connectivity index (χ4n) is 19.1. The molecule has 130 heavy (non-hydrogen) atoms. The van der Waals surface area contributed by atoms with Crippen molar-refractivity contribution in [3.63, 3.8) is 0 Å². The zero-order valence-corrected chi connectivity index (χ0v) is 80.5. The first-order valence-corrected chi connectivity index (χ1v) is 46.8. The molecule has 15 heteroatoms. The third-order valence-electron chi connectivity index (χ3n) is 28.7. The molecular formula is C115H107B3Br2N4O6. The van der Waals surface area contributed by atoms with Gasteiger partial charge in [-0.15, -0.1) is 0 Å². The highest BCUT2D eigenvalue weighted by molar-refractivity contribution is 9.11. The van der Waals surface area contributed by atoms with Gasteiger partial charge in [0.05, 0.1) is 72.9 Å². The largest absolute Gasteiger partial charge is 0.494 e. The lowest BCUT2D eigenvalue weighted by Crippen LogP contribution is -2.41. The van der Waals surface area contributed by atoms with Crippen LogP contribution in [0, 0.1) is 0 Å². The molecule has 3 aliphatic heterocycles. The first kappa shape index (κ1) is 88.0. The number of hydrogen-bond acceptors (Lipinski definition) is 10. The minimum atomic E-state index is -0.476. The first-order chi connectivity index (χ1) is 62.0. The van der Waals surface area contributed by atoms with Crippen molar-refractivity contribution in [3.8, 4) is 89.5 Å². The fraction of sp³-hybridized carbons (Fsp3) is 0.235. The first-order valence-electron chi connectivity index (χ1n) is 45.2. The Hall–Kier alpha value is -11.3. The normalized spacial score (nSPS) is 17.4. The molecule has 0 saturated carbocycles. The molecule has 17 aromatic rings. The molecule has 0 radical (unpaired) electrons. The van der Waals surface area contributed by atoms with Gasteiger partial charge in [0.25, 0.3) is 0 Å². The van der Waals surface area contributed by atoms with E-state index >= 15 is 0 Å². The van der Waals surface area contributed by atoms with E-state index in [0.29, 0.717) is 0 Å². The summed E-state index contributed by atoms with van der Waals surface area (Å²) in [6.45, 7) is 38.6. The van der Waals surface area contributed by atoms with Crippen LogP contribution in [0.1, 0.15) is 158 Å². The predicted octanol–water partition coefficient (Wildman–Crippen LogP) is 29.4. The third kappa shape index (κ3) is 15.9. The lowest BCUT2D eigenvalue weighted by Gasteiger charge is -2.32. The van der Waals surface area contributed by atoms with Crippen molar-refractivity contribution in [3.05, 3.63) is 364 Å². The summed E-state index contributed by atoms with van der Waals surface area (Å²) < 4.78 is 38.6. The molecule has 2 aromatic heterocycles. The molecular weight excluding hydrogens is 1730 g/mol. The van der Waals surface area contributed by atoms with E-state index in [4.69, 9.17) is 47.9 Å². The highest BCUT2D eigenvalue weighted by Gasteiger charge is 2.64. The summed E-state index contributed by atoms with van der Waals surface area (Å²) in [6.07, 6.45) is 0. The van der Waals surface area contributed by atoms with Crippen molar-refractivity contribution < 1.29 is 27.9 Å². The van der Waals surface area contributed by atoms with Gasteiger partial charge in [-0.2, -0.15) is 0 Å². The van der Waals surface area contributed by atoms with E-state index in [9.17, 15) is 0 Å². The van der Waals surface area contributed by atoms with Crippen molar-refractivity contribution >= 4 is 113 Å². The third-order valence-corrected chi connectivity index (χ3v) is 29.9. The quantitative estimate of drug-likeness (QED) is 0.143. The van der Waals surface area contributed by atoms with Gasteiger partial charge in [0.15, 0.2) is 0 Å². The number of halogens is 2. The Kier molecular flexibility index (Phi) is 22.5. The molecule has 0 N–H and O–H groups in total. The smallest absolute Gasteiger partial charge is 0.405 e. The van der Waals surface area contributed by atoms with Gasteiger partial charge < -0.3 is 27.9 Å². The summed E-state index contributed by atoms with van der Waals surface area (Å²) in [7, 11) is -1.28. The van der Waals surface area contributed by atoms with Crippen LogP contribution >= 0.6 is 31.9 Å². The second-order valence-corrected chi connectivity index (χ2v) is 41.6. The van der Waals surface area contributed by atoms with Gasteiger partial charge in [0, 0.05) is 53.0 Å². The molecule has 0 bridgehead atoms. The SMILES string of the molecule is Brc1cccc2nc(-c3ccccc3)c(-c3ccccc3)nc12.CC1(C)OB(B2OC(C)(C)C(C)(C)O2)OC1(C)C.CC1(C)c2cc(-c3cccc4nc(-c5ccccc5)c(-c5ccccc5)nc34)ccc2-c2cc3ccccc3cc21.CC1(C)c2cc(B3OC(C)(C)C(C)(C)O3)ccc2-c2cc3ccccc3cc21.CC1(C)c2cc(Br)ccc2-c2cc3ccccc3cc21. The summed E-state index contributed by atoms with van der Waals surface area (Å²) in [4.78, 5) is 20.4. The highest BCUT2D eigenvalue weighted by atomic mass is 79.9. The van der Waals surface area contributed by atoms with E-state index in [1.807, 2.05) is 122 Å². The minimum absolute atomic E-state index is 0.0473. The molecule has 3 saturated heterocycles. The number of rotatable bonds is 7. The Morgan fingerprint density at radius 1 is 0.223 bits per heavy atom. The monoisotopic (exact) mass is 1830 g/mol. The molecule has 3 aliphatic carbocycles. The number of nitrogens with zero attached hydrogens (tertiary/aromatic N) is 4. The molecule has 0 spiro atoms. The van der Waals surface area contributed by atoms with E-state index in [-0.39, 0.29) is 57.0 Å². The maximum atomic E-state index is 6.30. The number of benzene rings is 15. The Labute approximate surface area is 782 Å². The molecule has 646 valence electrons. The molecule has 23 rings (SSSR count). The van der Waals surface area contributed by atoms with Gasteiger partial charge in [0.1, 0.15) is 5.52 Å². The van der Waals surface area contributed by atoms with E-state index in [0.717, 1.165) is 87.1 Å². The van der Waals surface area contributed by atoms with Crippen LogP contribution in [0.3, 0.4) is 0 Å². The Bertz CT molecular complexity index is 7210. The standard InChI is InChI=1S/C39H28N2.C25H27BO2.C20H13BrN2.C19H15Br.C12H24B2O4/c1-39(2)33-24-29(20-21-31(33)32-22-27-16-9-10-17-28(27)23-34(32)39)30-18-11-19-35-38(30)41-37(26-14-7-4-8-15-26)36(40-35)25-12-5-3-6-13-25;1-23(2)21-14-17-10-8-7-9-16(17)13-20(21)19-12-11-18(15-22(19)23)26-27-24(3,4)25(5,6)28-26;21-16-12-7-13-17-20(16)23-19(15-10-5-2-6-11-15)18(22-17)14-8-3-1-4-9-14;1-19(2)17-10-13-6-4-3-5-12(13)9-16(17)15-8-7-14(20)11-18(15)19;1-9(2)10(3,4)16-13(15-9)14-17-11(5,6)12(7,8)18-14/h3-24H,1-2H3;7-15H,1-6H3;1-13H;3-11H,1-2H3;1-8H3. The predicted molar refractivity (Wildman–Crippen MR) is 548 cm³/mol. The maximum Gasteiger partial charge on any atom is 0.494 e. The van der Waals surface area contributed by atoms with E-state index in [2.05, 4.69) is 356 Å². The molecule has 6 aliphatic rings. The maximum absolute atomic E-state index is 6.30. The average Bonchev–Trinajstić information content (AvgIpc) is 1.58. The molecule has 3 fully saturated rings. The lowest BCUT2D eigenvalue weighted by atomic mass is 9.49. The summed E-state index contributed by atoms with van der Waals surface area (Å²) in [5.74, 6) is 0. The average molecular weight is 1830 g/mol. The highest BCUT2D eigenvalue weighted by Crippen LogP contribution is 2.55. The van der Waals surface area contributed by atoms with Crippen LogP contribution in [0.5, 0.6) is 0 Å². The second kappa shape index (κ2) is 33.2. The summed E-state index contributed by atoms with van der Waals surface area (Å²) in [5, 5.41) is 7.81. The Morgan fingerprint density at radius 2 is 0.523 bits per heavy atom. The van der Waals surface area contributed by atoms with Crippen LogP contribution in [-0.2, 0) is 44.2 Å². The fourth-order valence-corrected chi connectivity index (χ4v) is 19.9. The molecule has 10 nitrogen and oxygen atoms in total. The summed E-state index contributed by atoms with van der Waals surface area (Å²) in [5.41, 5.74) is 29.1. The van der Waals surface area contributed by atoms with Crippen LogP contribution in [0.15, 0.2) is 330 Å². The zero-order valence-electron chi connectivity index (χ0n) is 77.3. The lowest BCUT2D eigenvalue weighted by molar-refractivity contribution is 0.00578. The van der Waals surface area contributed by atoms with Crippen LogP contribution in [-0.4, -0.2) is 74.7 Å². The number of para-hydroxylation sites is 2. The number of fused-ring (bicyclic) bond motifs is 14. The molecule has 0 atom stereocenters. The van der Waals surface area contributed by atoms with Gasteiger partial charge in [-0.25, -0.2) is 19.9 Å². The topological polar surface area (TPSA) is 107 Å². The molecule has 0 amide bonds. The van der Waals surface area contributed by atoms with Gasteiger partial charge in [0.2, 0.25) is 0 Å². The second-order valence-electron chi connectivity index (χ2n) is 39.8. The number of hydrogen-bond donors (Lipinski definition) is 0. The van der Waals surface area contributed by atoms with Crippen molar-refractivity contribution in [2.45, 2.75) is 174 Å². The molecule has 5 heterocycles. The Balaban J connectivity index is 0.000000109. The van der Waals surface area contributed by atoms with E-state index < -0.39 is 14.0 Å². The van der Waals surface area contributed by atoms with Crippen molar-refractivity contribution in [1.82, 2.24) is 19.9 Å². The van der Waals surface area contributed by atoms with Crippen LogP contribution in [0.25, 0.3) is 144 Å². The van der Waals surface area contributed by atoms with Crippen molar-refractivity contribution in [2.24, 2.45) is 0 Å². The summed E-state index contributed by atoms with van der Waals surface area (Å²) >= 11 is 7.19. The van der Waals surface area contributed by atoms with Crippen LogP contribution in [0.2, 0.25) is 0 Å². The minimum Gasteiger partial charge on any atom is -0.405 e. The van der Waals surface area contributed by atoms with E-state index in [1.54, 1.807) is 0 Å². The molecule has 0 unspecified atom stereocenters. The number of aromatic nitrogens is 4. The van der Waals surface area contributed by atoms with Crippen LogP contribution in [0.4, 0.5) is 0 Å². The Morgan fingerprint density at radius 3 is 0.915 bits per heavy atom. The van der Waals surface area contributed by atoms with Crippen molar-refractivity contribution in [1.29, 1.82) is 0 Å². The van der Waals surface area contributed by atoms with Gasteiger partial charge in [-0.1, -0.05) is 306 Å². The van der Waals surface area contributed by atoms with Gasteiger partial charge >= 0.3 is 21.1 Å². The van der Waals surface area contributed by atoms with Gasteiger partial charge in [-0.05, 0) is 282 Å². The molecule has 15 aromatic carbocycles. The van der Waals surface area contributed by atoms with Gasteiger partial charge in [-0.3, -0.25) is 0 Å². The van der Waals surface area contributed by atoms with Crippen LogP contribution < -0.4 is 5.46 Å². The van der Waals surface area contributed by atoms with Crippen molar-refractivity contribution in [2.75, 3.05) is 0 Å².